The van der Waals surface area contributed by atoms with Crippen molar-refractivity contribution >= 4 is 33.6 Å². The fourth-order valence-electron chi connectivity index (χ4n) is 1.76. The third kappa shape index (κ3) is 3.37. The van der Waals surface area contributed by atoms with Gasteiger partial charge < -0.3 is 9.47 Å². The number of aldehydes is 1. The Morgan fingerprint density at radius 2 is 2.25 bits per heavy atom. The van der Waals surface area contributed by atoms with Crippen molar-refractivity contribution in [3.05, 3.63) is 38.3 Å². The number of halogens is 1. The number of methoxy groups -OCH3 is 1. The molecule has 0 amide bonds. The number of hydrogen-bond acceptors (Lipinski definition) is 5. The van der Waals surface area contributed by atoms with Crippen LogP contribution < -0.4 is 9.47 Å². The second-order valence-electron chi connectivity index (χ2n) is 4.11. The molecule has 0 N–H and O–H groups in total. The zero-order chi connectivity index (χ0) is 14.5. The van der Waals surface area contributed by atoms with Gasteiger partial charge in [0, 0.05) is 16.9 Å². The Morgan fingerprint density at radius 3 is 2.85 bits per heavy atom. The molecule has 1 heterocycles. The molecule has 2 rings (SSSR count). The van der Waals surface area contributed by atoms with Crippen LogP contribution in [0.5, 0.6) is 11.5 Å². The van der Waals surface area contributed by atoms with Gasteiger partial charge in [-0.2, -0.15) is 0 Å². The number of aromatic nitrogens is 1. The maximum atomic E-state index is 10.8. The van der Waals surface area contributed by atoms with E-state index in [1.807, 2.05) is 12.4 Å². The lowest BCUT2D eigenvalue weighted by Gasteiger charge is -2.13. The molecule has 6 heteroatoms. The highest BCUT2D eigenvalue weighted by atomic mass is 79.9. The molecule has 2 aromatic rings. The molecule has 4 nitrogen and oxygen atoms in total. The van der Waals surface area contributed by atoms with Gasteiger partial charge in [0.25, 0.3) is 0 Å². The Hall–Kier alpha value is -1.40. The van der Waals surface area contributed by atoms with E-state index in [2.05, 4.69) is 20.9 Å². The smallest absolute Gasteiger partial charge is 0.175 e. The highest BCUT2D eigenvalue weighted by Gasteiger charge is 2.12. The summed E-state index contributed by atoms with van der Waals surface area (Å²) < 4.78 is 11.7. The van der Waals surface area contributed by atoms with Crippen LogP contribution in [0.3, 0.4) is 0 Å². The first-order valence-corrected chi connectivity index (χ1v) is 7.67. The fraction of sp³-hybridized carbons (Fsp3) is 0.286. The molecule has 0 saturated heterocycles. The first-order valence-electron chi connectivity index (χ1n) is 6.00. The number of carbonyl (C=O) groups is 1. The number of aryl methyl sites for hydroxylation is 1. The molecule has 0 bridgehead atoms. The summed E-state index contributed by atoms with van der Waals surface area (Å²) in [4.78, 5) is 16.2. The van der Waals surface area contributed by atoms with Gasteiger partial charge in [0.1, 0.15) is 6.29 Å². The van der Waals surface area contributed by atoms with Crippen molar-refractivity contribution < 1.29 is 14.3 Å². The van der Waals surface area contributed by atoms with Crippen molar-refractivity contribution in [1.29, 1.82) is 0 Å². The monoisotopic (exact) mass is 355 g/mol. The number of carbonyl (C=O) groups excluding carboxylic acids is 1. The van der Waals surface area contributed by atoms with E-state index in [0.717, 1.165) is 18.4 Å². The average Bonchev–Trinajstić information content (AvgIpc) is 2.85. The van der Waals surface area contributed by atoms with Gasteiger partial charge in [-0.25, -0.2) is 4.98 Å². The lowest BCUT2D eigenvalue weighted by molar-refractivity contribution is 0.112. The lowest BCUT2D eigenvalue weighted by atomic mass is 10.2. The standard InChI is InChI=1S/C14H14BrNO3S/c1-9-13(20-8-16-9)3-4-19-14-11(15)5-10(7-17)6-12(14)18-2/h5-8H,3-4H2,1-2H3. The van der Waals surface area contributed by atoms with Crippen LogP contribution in [0.4, 0.5) is 0 Å². The van der Waals surface area contributed by atoms with E-state index in [4.69, 9.17) is 9.47 Å². The first-order chi connectivity index (χ1) is 9.65. The van der Waals surface area contributed by atoms with Gasteiger partial charge in [0.05, 0.1) is 29.4 Å². The topological polar surface area (TPSA) is 48.4 Å². The SMILES string of the molecule is COc1cc(C=O)cc(Br)c1OCCc1scnc1C. The highest BCUT2D eigenvalue weighted by molar-refractivity contribution is 9.10. The highest BCUT2D eigenvalue weighted by Crippen LogP contribution is 2.36. The second-order valence-corrected chi connectivity index (χ2v) is 5.91. The normalized spacial score (nSPS) is 10.3. The predicted octanol–water partition coefficient (Wildman–Crippen LogP) is 3.66. The fourth-order valence-corrected chi connectivity index (χ4v) is 3.10. The van der Waals surface area contributed by atoms with Crippen LogP contribution in [-0.4, -0.2) is 25.0 Å². The van der Waals surface area contributed by atoms with Gasteiger partial charge in [0.15, 0.2) is 11.5 Å². The van der Waals surface area contributed by atoms with Gasteiger partial charge in [-0.15, -0.1) is 11.3 Å². The summed E-state index contributed by atoms with van der Waals surface area (Å²) in [7, 11) is 1.55. The lowest BCUT2D eigenvalue weighted by Crippen LogP contribution is -2.03. The van der Waals surface area contributed by atoms with Crippen LogP contribution in [0.2, 0.25) is 0 Å². The van der Waals surface area contributed by atoms with Crippen molar-refractivity contribution in [3.63, 3.8) is 0 Å². The Kier molecular flexibility index (Phi) is 5.14. The molecular weight excluding hydrogens is 342 g/mol. The maximum absolute atomic E-state index is 10.8. The van der Waals surface area contributed by atoms with Crippen LogP contribution in [0, 0.1) is 6.92 Å². The molecule has 1 aromatic carbocycles. The van der Waals surface area contributed by atoms with Crippen LogP contribution in [0.1, 0.15) is 20.9 Å². The van der Waals surface area contributed by atoms with E-state index in [1.165, 1.54) is 4.88 Å². The number of benzene rings is 1. The third-order valence-corrected chi connectivity index (χ3v) is 4.39. The Morgan fingerprint density at radius 1 is 1.45 bits per heavy atom. The van der Waals surface area contributed by atoms with Gasteiger partial charge in [-0.3, -0.25) is 4.79 Å². The van der Waals surface area contributed by atoms with E-state index in [-0.39, 0.29) is 0 Å². The van der Waals surface area contributed by atoms with Gasteiger partial charge in [0.2, 0.25) is 0 Å². The van der Waals surface area contributed by atoms with Crippen molar-refractivity contribution in [2.24, 2.45) is 0 Å². The quantitative estimate of drug-likeness (QED) is 0.742. The molecular formula is C14H14BrNO3S. The Bertz CT molecular complexity index is 612. The van der Waals surface area contributed by atoms with Crippen LogP contribution >= 0.6 is 27.3 Å². The molecule has 0 aliphatic rings. The van der Waals surface area contributed by atoms with E-state index >= 15 is 0 Å². The number of hydrogen-bond donors (Lipinski definition) is 0. The minimum absolute atomic E-state index is 0.526. The molecule has 0 aliphatic carbocycles. The van der Waals surface area contributed by atoms with Crippen LogP contribution in [0.25, 0.3) is 0 Å². The zero-order valence-electron chi connectivity index (χ0n) is 11.2. The van der Waals surface area contributed by atoms with Crippen LogP contribution in [-0.2, 0) is 6.42 Å². The minimum atomic E-state index is 0.526. The maximum Gasteiger partial charge on any atom is 0.175 e. The zero-order valence-corrected chi connectivity index (χ0v) is 13.6. The molecule has 0 aliphatic heterocycles. The predicted molar refractivity (Wildman–Crippen MR) is 82.1 cm³/mol. The molecule has 0 saturated carbocycles. The minimum Gasteiger partial charge on any atom is -0.493 e. The number of thiazole rings is 1. The van der Waals surface area contributed by atoms with E-state index < -0.39 is 0 Å². The third-order valence-electron chi connectivity index (χ3n) is 2.81. The Balaban J connectivity index is 2.09. The number of rotatable bonds is 6. The van der Waals surface area contributed by atoms with E-state index in [0.29, 0.717) is 28.1 Å². The van der Waals surface area contributed by atoms with E-state index in [9.17, 15) is 4.79 Å². The second kappa shape index (κ2) is 6.85. The number of ether oxygens (including phenoxy) is 2. The molecule has 0 spiro atoms. The summed E-state index contributed by atoms with van der Waals surface area (Å²) in [6, 6.07) is 3.37. The Labute approximate surface area is 129 Å². The van der Waals surface area contributed by atoms with Crippen molar-refractivity contribution in [2.75, 3.05) is 13.7 Å². The summed E-state index contributed by atoms with van der Waals surface area (Å²) in [5.41, 5.74) is 3.42. The summed E-state index contributed by atoms with van der Waals surface area (Å²) >= 11 is 5.02. The molecule has 0 radical (unpaired) electrons. The molecule has 1 aromatic heterocycles. The van der Waals surface area contributed by atoms with Crippen molar-refractivity contribution in [3.8, 4) is 11.5 Å². The summed E-state index contributed by atoms with van der Waals surface area (Å²) in [6.07, 6.45) is 1.57. The summed E-state index contributed by atoms with van der Waals surface area (Å²) in [5, 5.41) is 0. The van der Waals surface area contributed by atoms with Crippen molar-refractivity contribution in [1.82, 2.24) is 4.98 Å². The molecule has 0 fully saturated rings. The summed E-state index contributed by atoms with van der Waals surface area (Å²) in [5.74, 6) is 1.16. The van der Waals surface area contributed by atoms with Gasteiger partial charge >= 0.3 is 0 Å². The molecule has 0 atom stereocenters. The van der Waals surface area contributed by atoms with Gasteiger partial charge in [-0.05, 0) is 35.0 Å². The average molecular weight is 356 g/mol. The summed E-state index contributed by atoms with van der Waals surface area (Å²) in [6.45, 7) is 2.51. The largest absolute Gasteiger partial charge is 0.493 e. The van der Waals surface area contributed by atoms with Gasteiger partial charge in [-0.1, -0.05) is 0 Å². The van der Waals surface area contributed by atoms with Crippen LogP contribution in [0.15, 0.2) is 22.1 Å². The van der Waals surface area contributed by atoms with Crippen molar-refractivity contribution in [2.45, 2.75) is 13.3 Å². The van der Waals surface area contributed by atoms with E-state index in [1.54, 1.807) is 30.6 Å². The molecule has 0 unspecified atom stereocenters. The molecule has 20 heavy (non-hydrogen) atoms. The molecule has 106 valence electrons. The number of nitrogens with zero attached hydrogens (tertiary/aromatic N) is 1. The first kappa shape index (κ1) is 15.0.